The van der Waals surface area contributed by atoms with Gasteiger partial charge in [0, 0.05) is 36.8 Å². The van der Waals surface area contributed by atoms with Crippen LogP contribution in [0, 0.1) is 0 Å². The van der Waals surface area contributed by atoms with Crippen LogP contribution in [0.3, 0.4) is 0 Å². The topological polar surface area (TPSA) is 197 Å². The third kappa shape index (κ3) is 17.6. The number of pyridine rings is 2. The van der Waals surface area contributed by atoms with E-state index in [0.29, 0.717) is 26.0 Å². The molecule has 15 heteroatoms. The molecule has 0 aliphatic heterocycles. The fourth-order valence-corrected chi connectivity index (χ4v) is 1.80. The Balaban J connectivity index is 0.000000752. The van der Waals surface area contributed by atoms with E-state index in [2.05, 4.69) is 10.3 Å². The molecule has 2 N–H and O–H groups in total. The first-order chi connectivity index (χ1) is 14.3. The standard InChI is InChI=1S/C14H14N4O3.2CH4O3S/c19-15-9-13-5-1-3-7-17(13)11-21-12-18-8-4-2-6-14(18)10-16-20;2*1-5(2,3)4/h1-10H,11-12H2;2*1H3,(H,2,3,4)/i9+2,10+2;;. The quantitative estimate of drug-likeness (QED) is 0.167. The van der Waals surface area contributed by atoms with Gasteiger partial charge in [-0.15, -0.1) is 0 Å². The summed E-state index contributed by atoms with van der Waals surface area (Å²) in [5.41, 5.74) is 1.44. The monoisotopic (exact) mass is 482 g/mol. The van der Waals surface area contributed by atoms with Crippen molar-refractivity contribution in [2.75, 3.05) is 12.5 Å². The van der Waals surface area contributed by atoms with Crippen molar-refractivity contribution in [1.29, 1.82) is 0 Å². The summed E-state index contributed by atoms with van der Waals surface area (Å²) in [5.74, 6) is 0. The van der Waals surface area contributed by atoms with Crippen molar-refractivity contribution in [2.45, 2.75) is 13.5 Å². The van der Waals surface area contributed by atoms with Crippen LogP contribution in [0.15, 0.2) is 59.1 Å². The summed E-state index contributed by atoms with van der Waals surface area (Å²) >= 11 is 0. The summed E-state index contributed by atoms with van der Waals surface area (Å²) in [4.78, 5) is 0. The molecule has 0 unspecified atom stereocenters. The molecule has 31 heavy (non-hydrogen) atoms. The highest BCUT2D eigenvalue weighted by Gasteiger charge is 2.11. The van der Waals surface area contributed by atoms with Crippen LogP contribution in [0.4, 0.5) is 0 Å². The van der Waals surface area contributed by atoms with Gasteiger partial charge in [0.2, 0.25) is 11.4 Å². The van der Waals surface area contributed by atoms with Crippen LogP contribution in [0.25, 0.3) is 0 Å². The maximum absolute atomic E-state index is 9.08. The van der Waals surface area contributed by atoms with Gasteiger partial charge in [0.25, 0.3) is 13.5 Å². The van der Waals surface area contributed by atoms with Crippen molar-refractivity contribution in [3.8, 4) is 0 Å². The number of nitrogens with zero attached hydrogens (tertiary/aromatic N) is 4. The van der Waals surface area contributed by atoms with E-state index in [9.17, 15) is 0 Å². The minimum absolute atomic E-state index is 0.291. The molecule has 0 aromatic carbocycles. The highest BCUT2D eigenvalue weighted by molar-refractivity contribution is 7.85. The van der Waals surface area contributed by atoms with Gasteiger partial charge in [-0.25, -0.2) is 16.8 Å². The van der Waals surface area contributed by atoms with Gasteiger partial charge in [-0.1, -0.05) is 10.3 Å². The Kier molecular flexibility index (Phi) is 12.7. The smallest absolute Gasteiger partial charge is 0.258 e. The van der Waals surface area contributed by atoms with Crippen LogP contribution in [0.2, 0.25) is 0 Å². The molecule has 2 aromatic rings. The highest BCUT2D eigenvalue weighted by atomic mass is 32.2. The minimum atomic E-state index is -3.92. The maximum Gasteiger partial charge on any atom is 0.258 e. The molecule has 0 atom stereocenters. The van der Waals surface area contributed by atoms with Crippen LogP contribution in [0.1, 0.15) is 11.4 Å². The average molecular weight is 482 g/mol. The SMILES string of the molecule is CS(=O)(=O)[O-].CS(=O)(=O)[O-].O/N=[14CH]/c1cccc[n+]1COC[n+]1ccccc1/[14CH]=N/O. The Morgan fingerprint density at radius 1 is 0.839 bits per heavy atom. The molecule has 2 aromatic heterocycles. The largest absolute Gasteiger partial charge is 0.748 e. The first-order valence-corrected chi connectivity index (χ1v) is 11.7. The Morgan fingerprint density at radius 3 is 1.45 bits per heavy atom. The molecule has 0 fully saturated rings. The third-order valence-corrected chi connectivity index (χ3v) is 2.79. The zero-order chi connectivity index (χ0) is 23.9. The van der Waals surface area contributed by atoms with Gasteiger partial charge in [-0.3, -0.25) is 4.74 Å². The van der Waals surface area contributed by atoms with E-state index in [4.69, 9.17) is 41.1 Å². The second-order valence-corrected chi connectivity index (χ2v) is 8.37. The van der Waals surface area contributed by atoms with E-state index in [1.807, 2.05) is 48.8 Å². The van der Waals surface area contributed by atoms with Gasteiger partial charge in [0.05, 0.1) is 20.2 Å². The van der Waals surface area contributed by atoms with Gasteiger partial charge in [-0.05, 0) is 12.1 Å². The molecular weight excluding hydrogens is 460 g/mol. The van der Waals surface area contributed by atoms with Crippen molar-refractivity contribution < 1.29 is 50.2 Å². The minimum Gasteiger partial charge on any atom is -0.748 e. The van der Waals surface area contributed by atoms with E-state index in [-0.39, 0.29) is 0 Å². The summed E-state index contributed by atoms with van der Waals surface area (Å²) in [5, 5.41) is 23.3. The molecule has 0 saturated heterocycles. The van der Waals surface area contributed by atoms with Gasteiger partial charge in [0.1, 0.15) is 12.4 Å². The molecule has 0 aliphatic rings. The Morgan fingerprint density at radius 2 is 1.16 bits per heavy atom. The van der Waals surface area contributed by atoms with Gasteiger partial charge < -0.3 is 19.5 Å². The zero-order valence-corrected chi connectivity index (χ0v) is 18.2. The van der Waals surface area contributed by atoms with Crippen LogP contribution in [0.5, 0.6) is 0 Å². The molecular formula is C16H22N4O9S2. The van der Waals surface area contributed by atoms with Crippen molar-refractivity contribution >= 4 is 32.7 Å². The molecule has 0 saturated carbocycles. The van der Waals surface area contributed by atoms with Crippen molar-refractivity contribution in [3.05, 3.63) is 60.2 Å². The number of hydrogen-bond donors (Lipinski definition) is 2. The summed E-state index contributed by atoms with van der Waals surface area (Å²) in [6, 6.07) is 11.0. The molecule has 2 rings (SSSR count). The van der Waals surface area contributed by atoms with Crippen LogP contribution < -0.4 is 9.13 Å². The van der Waals surface area contributed by atoms with E-state index in [1.54, 1.807) is 9.13 Å². The molecule has 2 heterocycles. The van der Waals surface area contributed by atoms with Crippen molar-refractivity contribution in [3.63, 3.8) is 0 Å². The first kappa shape index (κ1) is 28.0. The van der Waals surface area contributed by atoms with Crippen LogP contribution >= 0.6 is 0 Å². The molecule has 13 nitrogen and oxygen atoms in total. The number of ether oxygens (including phenoxy) is 1. The maximum atomic E-state index is 9.08. The van der Waals surface area contributed by atoms with E-state index < -0.39 is 20.2 Å². The Bertz CT molecular complexity index is 971. The van der Waals surface area contributed by atoms with E-state index in [1.165, 1.54) is 12.4 Å². The van der Waals surface area contributed by atoms with Gasteiger partial charge in [-0.2, -0.15) is 9.13 Å². The lowest BCUT2D eigenvalue weighted by molar-refractivity contribution is -0.789. The Labute approximate surface area is 179 Å². The fraction of sp³-hybridized carbons (Fsp3) is 0.250. The molecule has 0 amide bonds. The molecule has 172 valence electrons. The van der Waals surface area contributed by atoms with E-state index in [0.717, 1.165) is 11.4 Å². The van der Waals surface area contributed by atoms with Gasteiger partial charge >= 0.3 is 0 Å². The summed E-state index contributed by atoms with van der Waals surface area (Å²) in [6.07, 6.45) is 7.53. The van der Waals surface area contributed by atoms with E-state index >= 15 is 0 Å². The predicted octanol–water partition coefficient (Wildman–Crippen LogP) is -1.17. The second-order valence-electron chi connectivity index (χ2n) is 5.55. The normalized spacial score (nSPS) is 11.5. The predicted molar refractivity (Wildman–Crippen MR) is 104 cm³/mol. The lowest BCUT2D eigenvalue weighted by Crippen LogP contribution is -2.44. The zero-order valence-electron chi connectivity index (χ0n) is 16.5. The van der Waals surface area contributed by atoms with Gasteiger partial charge in [0.15, 0.2) is 12.4 Å². The van der Waals surface area contributed by atoms with Crippen molar-refractivity contribution in [2.24, 2.45) is 10.3 Å². The number of aromatic nitrogens is 2. The molecule has 0 spiro atoms. The number of oxime groups is 2. The summed E-state index contributed by atoms with van der Waals surface area (Å²) in [7, 11) is -7.83. The number of hydrogen-bond acceptors (Lipinski definition) is 11. The van der Waals surface area contributed by atoms with Crippen LogP contribution in [-0.4, -0.2) is 61.3 Å². The number of rotatable bonds is 6. The summed E-state index contributed by atoms with van der Waals surface area (Å²) in [6.45, 7) is 0.583. The second kappa shape index (κ2) is 14.1. The molecule has 0 bridgehead atoms. The average Bonchev–Trinajstić information content (AvgIpc) is 2.62. The lowest BCUT2D eigenvalue weighted by Gasteiger charge is -2.01. The lowest BCUT2D eigenvalue weighted by atomic mass is 10.4. The fourth-order valence-electron chi connectivity index (χ4n) is 1.80. The molecule has 0 aliphatic carbocycles. The molecule has 0 radical (unpaired) electrons. The first-order valence-electron chi connectivity index (χ1n) is 8.06. The summed E-state index contributed by atoms with van der Waals surface area (Å²) < 4.78 is 63.7. The van der Waals surface area contributed by atoms with Crippen LogP contribution in [-0.2, 0) is 38.4 Å². The third-order valence-electron chi connectivity index (χ3n) is 2.79. The Hall–Kier alpha value is -2.98. The van der Waals surface area contributed by atoms with Crippen molar-refractivity contribution in [1.82, 2.24) is 0 Å². The highest BCUT2D eigenvalue weighted by Crippen LogP contribution is 1.90.